The molecule has 0 aliphatic heterocycles. The Morgan fingerprint density at radius 2 is 1.47 bits per heavy atom. The average Bonchev–Trinajstić information content (AvgIpc) is 2.00. The summed E-state index contributed by atoms with van der Waals surface area (Å²) in [5.41, 5.74) is 0.152. The van der Waals surface area contributed by atoms with Gasteiger partial charge in [-0.2, -0.15) is 0 Å². The van der Waals surface area contributed by atoms with Gasteiger partial charge in [0, 0.05) is 17.3 Å². The molecule has 1 aromatic rings. The lowest BCUT2D eigenvalue weighted by atomic mass is 9.96. The molecule has 0 unspecified atom stereocenters. The maximum absolute atomic E-state index is 4.44. The topological polar surface area (TPSA) is 16.1 Å². The second-order valence-corrected chi connectivity index (χ2v) is 5.86. The Bertz CT molecular complexity index is 290. The summed E-state index contributed by atoms with van der Waals surface area (Å²) in [7, 11) is 0. The summed E-state index contributed by atoms with van der Waals surface area (Å²) in [6.07, 6.45) is 1.85. The van der Waals surface area contributed by atoms with E-state index in [1.165, 1.54) is 0 Å². The molecule has 1 heterocycles. The molecule has 0 bridgehead atoms. The highest BCUT2D eigenvalue weighted by molar-refractivity contribution is 5.43. The zero-order chi connectivity index (χ0) is 11.7. The molecule has 2 nitrogen and oxygen atoms in total. The normalized spacial score (nSPS) is 12.7. The predicted octanol–water partition coefficient (Wildman–Crippen LogP) is 3.49. The molecule has 1 aromatic heterocycles. The average molecular weight is 206 g/mol. The molecule has 1 rings (SSSR count). The van der Waals surface area contributed by atoms with Gasteiger partial charge in [0.05, 0.1) is 0 Å². The van der Waals surface area contributed by atoms with Crippen LogP contribution in [-0.2, 0) is 0 Å². The Labute approximate surface area is 93.3 Å². The van der Waals surface area contributed by atoms with Crippen LogP contribution in [0.25, 0.3) is 0 Å². The van der Waals surface area contributed by atoms with Crippen molar-refractivity contribution in [2.24, 2.45) is 0 Å². The van der Waals surface area contributed by atoms with Crippen LogP contribution in [0, 0.1) is 0 Å². The van der Waals surface area contributed by atoms with E-state index in [0.717, 1.165) is 5.82 Å². The van der Waals surface area contributed by atoms with E-state index in [1.807, 2.05) is 18.3 Å². The van der Waals surface area contributed by atoms with E-state index in [4.69, 9.17) is 0 Å². The lowest BCUT2D eigenvalue weighted by Crippen LogP contribution is -2.53. The minimum Gasteiger partial charge on any atom is -0.347 e. The minimum absolute atomic E-state index is 0.0760. The first-order chi connectivity index (χ1) is 6.73. The number of rotatable bonds is 1. The molecule has 0 spiro atoms. The van der Waals surface area contributed by atoms with Gasteiger partial charge in [-0.3, -0.25) is 0 Å². The highest BCUT2D eigenvalue weighted by Crippen LogP contribution is 2.29. The largest absolute Gasteiger partial charge is 0.347 e. The third kappa shape index (κ3) is 2.95. The van der Waals surface area contributed by atoms with E-state index in [9.17, 15) is 0 Å². The second-order valence-electron chi connectivity index (χ2n) is 5.86. The Kier molecular flexibility index (Phi) is 3.08. The quantitative estimate of drug-likeness (QED) is 0.699. The summed E-state index contributed by atoms with van der Waals surface area (Å²) in [6, 6.07) is 6.05. The summed E-state index contributed by atoms with van der Waals surface area (Å²) < 4.78 is 0. The molecule has 2 heteroatoms. The van der Waals surface area contributed by atoms with Crippen LogP contribution in [0.2, 0.25) is 0 Å². The van der Waals surface area contributed by atoms with Gasteiger partial charge in [0.2, 0.25) is 0 Å². The number of anilines is 1. The summed E-state index contributed by atoms with van der Waals surface area (Å²) in [5, 5.41) is 0. The van der Waals surface area contributed by atoms with Crippen molar-refractivity contribution in [2.45, 2.75) is 52.6 Å². The van der Waals surface area contributed by atoms with Crippen molar-refractivity contribution in [1.29, 1.82) is 0 Å². The molecule has 0 fully saturated rings. The lowest BCUT2D eigenvalue weighted by molar-refractivity contribution is 0.377. The summed E-state index contributed by atoms with van der Waals surface area (Å²) >= 11 is 0. The first kappa shape index (κ1) is 12.0. The van der Waals surface area contributed by atoms with E-state index < -0.39 is 0 Å². The molecule has 0 aromatic carbocycles. The highest BCUT2D eigenvalue weighted by Gasteiger charge is 2.32. The van der Waals surface area contributed by atoms with Gasteiger partial charge in [-0.05, 0) is 53.7 Å². The van der Waals surface area contributed by atoms with Crippen LogP contribution < -0.4 is 4.90 Å². The van der Waals surface area contributed by atoms with Crippen LogP contribution in [-0.4, -0.2) is 16.1 Å². The summed E-state index contributed by atoms with van der Waals surface area (Å²) in [6.45, 7) is 13.3. The molecule has 0 atom stereocenters. The molecular weight excluding hydrogens is 184 g/mol. The van der Waals surface area contributed by atoms with E-state index >= 15 is 0 Å². The van der Waals surface area contributed by atoms with E-state index in [-0.39, 0.29) is 11.1 Å². The Morgan fingerprint density at radius 1 is 0.933 bits per heavy atom. The van der Waals surface area contributed by atoms with Crippen molar-refractivity contribution < 1.29 is 0 Å². The number of pyridine rings is 1. The molecule has 0 aliphatic carbocycles. The zero-order valence-corrected chi connectivity index (χ0v) is 10.7. The van der Waals surface area contributed by atoms with Gasteiger partial charge in [-0.25, -0.2) is 4.98 Å². The van der Waals surface area contributed by atoms with Gasteiger partial charge in [-0.15, -0.1) is 0 Å². The fraction of sp³-hybridized carbons (Fsp3) is 0.615. The highest BCUT2D eigenvalue weighted by atomic mass is 15.3. The summed E-state index contributed by atoms with van der Waals surface area (Å²) in [5.74, 6) is 1.04. The van der Waals surface area contributed by atoms with Crippen LogP contribution in [0.5, 0.6) is 0 Å². The van der Waals surface area contributed by atoms with Crippen LogP contribution in [0.1, 0.15) is 41.5 Å². The van der Waals surface area contributed by atoms with E-state index in [1.54, 1.807) is 0 Å². The Hall–Kier alpha value is -1.05. The van der Waals surface area contributed by atoms with Gasteiger partial charge in [-0.1, -0.05) is 6.07 Å². The van der Waals surface area contributed by atoms with Gasteiger partial charge in [0.1, 0.15) is 5.82 Å². The molecule has 0 amide bonds. The molecular formula is C13H22N2. The Morgan fingerprint density at radius 3 is 1.80 bits per heavy atom. The molecule has 0 saturated heterocycles. The fourth-order valence-corrected chi connectivity index (χ4v) is 2.18. The minimum atomic E-state index is 0.0760. The number of hydrogen-bond acceptors (Lipinski definition) is 2. The van der Waals surface area contributed by atoms with Gasteiger partial charge < -0.3 is 4.90 Å². The van der Waals surface area contributed by atoms with Crippen LogP contribution in [0.15, 0.2) is 24.4 Å². The molecule has 0 N–H and O–H groups in total. The van der Waals surface area contributed by atoms with Gasteiger partial charge in [0.15, 0.2) is 0 Å². The number of hydrogen-bond donors (Lipinski definition) is 0. The molecule has 15 heavy (non-hydrogen) atoms. The van der Waals surface area contributed by atoms with Crippen molar-refractivity contribution in [3.8, 4) is 0 Å². The molecule has 0 aliphatic rings. The van der Waals surface area contributed by atoms with E-state index in [2.05, 4.69) is 57.5 Å². The van der Waals surface area contributed by atoms with Crippen LogP contribution in [0.3, 0.4) is 0 Å². The van der Waals surface area contributed by atoms with Crippen LogP contribution in [0.4, 0.5) is 5.82 Å². The van der Waals surface area contributed by atoms with E-state index in [0.29, 0.717) is 0 Å². The lowest BCUT2D eigenvalue weighted by Gasteiger charge is -2.46. The van der Waals surface area contributed by atoms with Crippen molar-refractivity contribution in [2.75, 3.05) is 4.90 Å². The van der Waals surface area contributed by atoms with Crippen molar-refractivity contribution >= 4 is 5.82 Å². The standard InChI is InChI=1S/C13H22N2/c1-12(2,3)15(13(4,5)6)11-9-7-8-10-14-11/h7-10H,1-6H3. The van der Waals surface area contributed by atoms with Crippen LogP contribution >= 0.6 is 0 Å². The maximum atomic E-state index is 4.44. The first-order valence-electron chi connectivity index (χ1n) is 5.44. The smallest absolute Gasteiger partial charge is 0.129 e. The van der Waals surface area contributed by atoms with Crippen molar-refractivity contribution in [3.05, 3.63) is 24.4 Å². The third-order valence-corrected chi connectivity index (χ3v) is 2.22. The molecule has 0 saturated carbocycles. The maximum Gasteiger partial charge on any atom is 0.129 e. The van der Waals surface area contributed by atoms with Gasteiger partial charge >= 0.3 is 0 Å². The second kappa shape index (κ2) is 3.84. The monoisotopic (exact) mass is 206 g/mol. The Balaban J connectivity index is 3.15. The van der Waals surface area contributed by atoms with Gasteiger partial charge in [0.25, 0.3) is 0 Å². The first-order valence-corrected chi connectivity index (χ1v) is 5.44. The van der Waals surface area contributed by atoms with Crippen molar-refractivity contribution in [3.63, 3.8) is 0 Å². The third-order valence-electron chi connectivity index (χ3n) is 2.22. The number of aromatic nitrogens is 1. The molecule has 0 radical (unpaired) electrons. The fourth-order valence-electron chi connectivity index (χ4n) is 2.18. The zero-order valence-electron chi connectivity index (χ0n) is 10.7. The SMILES string of the molecule is CC(C)(C)N(c1ccccn1)C(C)(C)C. The molecule has 84 valence electrons. The summed E-state index contributed by atoms with van der Waals surface area (Å²) in [4.78, 5) is 6.79. The number of nitrogens with zero attached hydrogens (tertiary/aromatic N) is 2. The van der Waals surface area contributed by atoms with Crippen molar-refractivity contribution in [1.82, 2.24) is 4.98 Å². The predicted molar refractivity (Wildman–Crippen MR) is 66.2 cm³/mol.